The predicted octanol–water partition coefficient (Wildman–Crippen LogP) is 0.345. The van der Waals surface area contributed by atoms with Crippen LogP contribution in [0.25, 0.3) is 0 Å². The van der Waals surface area contributed by atoms with E-state index >= 15 is 0 Å². The summed E-state index contributed by atoms with van der Waals surface area (Å²) in [7, 11) is 1.92. The highest BCUT2D eigenvalue weighted by atomic mass is 16.4. The van der Waals surface area contributed by atoms with Gasteiger partial charge in [0.25, 0.3) is 0 Å². The molecule has 21 heavy (non-hydrogen) atoms. The summed E-state index contributed by atoms with van der Waals surface area (Å²) in [4.78, 5) is 38.0. The second kappa shape index (κ2) is 16.1. The zero-order chi connectivity index (χ0) is 16.5. The van der Waals surface area contributed by atoms with Gasteiger partial charge in [-0.25, -0.2) is 4.79 Å². The first-order valence-corrected chi connectivity index (χ1v) is 6.88. The van der Waals surface area contributed by atoms with Gasteiger partial charge in [0.2, 0.25) is 0 Å². The van der Waals surface area contributed by atoms with Crippen molar-refractivity contribution >= 4 is 18.2 Å². The highest BCUT2D eigenvalue weighted by molar-refractivity contribution is 5.74. The van der Waals surface area contributed by atoms with E-state index in [-0.39, 0.29) is 24.6 Å². The van der Waals surface area contributed by atoms with Crippen molar-refractivity contribution < 1.29 is 24.3 Å². The van der Waals surface area contributed by atoms with E-state index in [4.69, 9.17) is 14.7 Å². The standard InChI is InChI=1S/C12H25N3O3.CO2/c1-10(6-7-11(16)17)15-12(18)14-9-5-3-4-8-13-2;2-1-3/h10,13H,3-9H2,1-2H3,(H,16,17)(H2,14,15,18);/t10-;/m1./s1. The molecular weight excluding hydrogens is 278 g/mol. The van der Waals surface area contributed by atoms with Crippen molar-refractivity contribution in [3.8, 4) is 0 Å². The van der Waals surface area contributed by atoms with E-state index < -0.39 is 5.97 Å². The van der Waals surface area contributed by atoms with E-state index in [1.165, 1.54) is 0 Å². The average molecular weight is 303 g/mol. The number of carboxylic acid groups (broad SMARTS) is 1. The molecule has 0 rings (SSSR count). The summed E-state index contributed by atoms with van der Waals surface area (Å²) in [6.45, 7) is 3.45. The maximum absolute atomic E-state index is 11.4. The zero-order valence-corrected chi connectivity index (χ0v) is 12.6. The summed E-state index contributed by atoms with van der Waals surface area (Å²) < 4.78 is 0. The number of hydrogen-bond donors (Lipinski definition) is 4. The van der Waals surface area contributed by atoms with Crippen LogP contribution in [0.15, 0.2) is 0 Å². The summed E-state index contributed by atoms with van der Waals surface area (Å²) >= 11 is 0. The summed E-state index contributed by atoms with van der Waals surface area (Å²) in [6, 6.07) is -0.341. The van der Waals surface area contributed by atoms with Crippen molar-refractivity contribution in [3.63, 3.8) is 0 Å². The first-order chi connectivity index (χ1) is 9.97. The maximum atomic E-state index is 11.4. The third-order valence-electron chi connectivity index (χ3n) is 2.56. The smallest absolute Gasteiger partial charge is 0.373 e. The molecule has 0 aliphatic heterocycles. The van der Waals surface area contributed by atoms with Crippen molar-refractivity contribution in [2.24, 2.45) is 0 Å². The van der Waals surface area contributed by atoms with Crippen molar-refractivity contribution in [2.75, 3.05) is 20.1 Å². The second-order valence-electron chi connectivity index (χ2n) is 4.48. The van der Waals surface area contributed by atoms with E-state index in [1.807, 2.05) is 7.05 Å². The Morgan fingerprint density at radius 1 is 1.14 bits per heavy atom. The van der Waals surface area contributed by atoms with E-state index in [9.17, 15) is 9.59 Å². The van der Waals surface area contributed by atoms with Crippen LogP contribution in [0.1, 0.15) is 39.0 Å². The summed E-state index contributed by atoms with van der Waals surface area (Å²) in [5.74, 6) is -0.839. The Morgan fingerprint density at radius 2 is 1.71 bits per heavy atom. The molecule has 0 aromatic rings. The van der Waals surface area contributed by atoms with Crippen LogP contribution in [-0.2, 0) is 14.4 Å². The number of unbranched alkanes of at least 4 members (excludes halogenated alkanes) is 2. The molecule has 0 bridgehead atoms. The zero-order valence-electron chi connectivity index (χ0n) is 12.6. The molecule has 0 saturated carbocycles. The molecule has 2 amide bonds. The summed E-state index contributed by atoms with van der Waals surface area (Å²) in [5.41, 5.74) is 0. The Hall–Kier alpha value is -1.92. The lowest BCUT2D eigenvalue weighted by Gasteiger charge is -2.13. The molecule has 0 aliphatic rings. The van der Waals surface area contributed by atoms with E-state index in [2.05, 4.69) is 16.0 Å². The Balaban J connectivity index is 0. The summed E-state index contributed by atoms with van der Waals surface area (Å²) in [5, 5.41) is 17.0. The van der Waals surface area contributed by atoms with Crippen LogP contribution in [0.2, 0.25) is 0 Å². The molecule has 8 heteroatoms. The van der Waals surface area contributed by atoms with Gasteiger partial charge in [-0.05, 0) is 39.8 Å². The van der Waals surface area contributed by atoms with Gasteiger partial charge in [0, 0.05) is 19.0 Å². The van der Waals surface area contributed by atoms with Gasteiger partial charge in [-0.3, -0.25) is 4.79 Å². The largest absolute Gasteiger partial charge is 0.481 e. The molecule has 1 atom stereocenters. The SMILES string of the molecule is CNCCCCCNC(=O)N[C@H](C)CCC(=O)O.O=C=O. The van der Waals surface area contributed by atoms with Gasteiger partial charge in [0.15, 0.2) is 0 Å². The Kier molecular flexibility index (Phi) is 16.4. The molecule has 0 aromatic heterocycles. The minimum atomic E-state index is -0.839. The molecule has 0 heterocycles. The molecule has 4 N–H and O–H groups in total. The van der Waals surface area contributed by atoms with Crippen LogP contribution in [0.5, 0.6) is 0 Å². The molecule has 8 nitrogen and oxygen atoms in total. The third-order valence-corrected chi connectivity index (χ3v) is 2.56. The number of rotatable bonds is 10. The van der Waals surface area contributed by atoms with Crippen LogP contribution < -0.4 is 16.0 Å². The normalized spacial score (nSPS) is 10.6. The molecule has 0 aliphatic carbocycles. The molecule has 0 fully saturated rings. The van der Waals surface area contributed by atoms with Crippen LogP contribution in [-0.4, -0.2) is 49.4 Å². The molecule has 0 unspecified atom stereocenters. The monoisotopic (exact) mass is 303 g/mol. The fraction of sp³-hybridized carbons (Fsp3) is 0.769. The van der Waals surface area contributed by atoms with Gasteiger partial charge in [-0.15, -0.1) is 0 Å². The molecule has 0 saturated heterocycles. The van der Waals surface area contributed by atoms with Gasteiger partial charge in [-0.2, -0.15) is 9.59 Å². The minimum Gasteiger partial charge on any atom is -0.481 e. The lowest BCUT2D eigenvalue weighted by molar-refractivity contribution is -0.191. The number of hydrogen-bond acceptors (Lipinski definition) is 5. The number of aliphatic carboxylic acids is 1. The van der Waals surface area contributed by atoms with Crippen LogP contribution >= 0.6 is 0 Å². The van der Waals surface area contributed by atoms with E-state index in [0.29, 0.717) is 13.0 Å². The second-order valence-corrected chi connectivity index (χ2v) is 4.48. The fourth-order valence-electron chi connectivity index (χ4n) is 1.49. The molecule has 122 valence electrons. The van der Waals surface area contributed by atoms with Crippen LogP contribution in [0.4, 0.5) is 4.79 Å². The van der Waals surface area contributed by atoms with E-state index in [0.717, 1.165) is 25.8 Å². The van der Waals surface area contributed by atoms with Gasteiger partial charge in [0.05, 0.1) is 0 Å². The summed E-state index contributed by atoms with van der Waals surface area (Å²) in [6.07, 6.45) is 3.92. The number of urea groups is 1. The quantitative estimate of drug-likeness (QED) is 0.431. The lowest BCUT2D eigenvalue weighted by Crippen LogP contribution is -2.41. The Labute approximate surface area is 124 Å². The lowest BCUT2D eigenvalue weighted by atomic mass is 10.2. The van der Waals surface area contributed by atoms with Crippen LogP contribution in [0, 0.1) is 0 Å². The number of nitrogens with one attached hydrogen (secondary N) is 3. The molecule has 0 aromatic carbocycles. The number of carbonyl (C=O) groups excluding carboxylic acids is 3. The maximum Gasteiger partial charge on any atom is 0.373 e. The van der Waals surface area contributed by atoms with Crippen LogP contribution in [0.3, 0.4) is 0 Å². The van der Waals surface area contributed by atoms with Gasteiger partial charge in [0.1, 0.15) is 0 Å². The number of amides is 2. The predicted molar refractivity (Wildman–Crippen MR) is 75.7 cm³/mol. The number of carboxylic acids is 1. The van der Waals surface area contributed by atoms with Crippen molar-refractivity contribution in [2.45, 2.75) is 45.1 Å². The molecular formula is C13H25N3O5. The first kappa shape index (κ1) is 21.4. The Morgan fingerprint density at radius 3 is 2.24 bits per heavy atom. The van der Waals surface area contributed by atoms with Gasteiger partial charge < -0.3 is 21.1 Å². The van der Waals surface area contributed by atoms with E-state index in [1.54, 1.807) is 6.92 Å². The molecule has 0 spiro atoms. The van der Waals surface area contributed by atoms with Crippen molar-refractivity contribution in [1.82, 2.24) is 16.0 Å². The van der Waals surface area contributed by atoms with Crippen molar-refractivity contribution in [3.05, 3.63) is 0 Å². The third kappa shape index (κ3) is 20.6. The van der Waals surface area contributed by atoms with Gasteiger partial charge >= 0.3 is 18.2 Å². The van der Waals surface area contributed by atoms with Gasteiger partial charge in [-0.1, -0.05) is 6.42 Å². The fourth-order valence-corrected chi connectivity index (χ4v) is 1.49. The number of carbonyl (C=O) groups is 2. The average Bonchev–Trinajstić information content (AvgIpc) is 2.41. The highest BCUT2D eigenvalue weighted by Crippen LogP contribution is 1.96. The van der Waals surface area contributed by atoms with Crippen molar-refractivity contribution in [1.29, 1.82) is 0 Å². The minimum absolute atomic E-state index is 0.0749. The topological polar surface area (TPSA) is 125 Å². The Bertz CT molecular complexity index is 317. The highest BCUT2D eigenvalue weighted by Gasteiger charge is 2.08. The molecule has 0 radical (unpaired) electrons. The first-order valence-electron chi connectivity index (χ1n) is 6.88.